The molecule has 2 heterocycles. The van der Waals surface area contributed by atoms with Crippen molar-refractivity contribution in [1.29, 1.82) is 0 Å². The Bertz CT molecular complexity index is 1100. The number of nitrogens with two attached hydrogens (primary N) is 1. The molecule has 174 valence electrons. The molecule has 1 fully saturated rings. The van der Waals surface area contributed by atoms with Crippen molar-refractivity contribution in [1.82, 2.24) is 14.5 Å². The van der Waals surface area contributed by atoms with Crippen molar-refractivity contribution in [3.8, 4) is 0 Å². The maximum absolute atomic E-state index is 13.0. The fourth-order valence-electron chi connectivity index (χ4n) is 3.73. The molecule has 0 atom stereocenters. The first-order valence-electron chi connectivity index (χ1n) is 10.3. The number of hydrogen-bond donors (Lipinski definition) is 2. The lowest BCUT2D eigenvalue weighted by Crippen LogP contribution is -2.48. The number of aromatic amines is 1. The SMILES string of the molecule is CC(C)Cn1c(N)c(C(=O)CN2CCN(c3cccc(C(F)(F)F)c3)CC2)c(=O)[nH]c1=O. The van der Waals surface area contributed by atoms with E-state index in [0.717, 1.165) is 12.1 Å². The Morgan fingerprint density at radius 1 is 1.16 bits per heavy atom. The highest BCUT2D eigenvalue weighted by atomic mass is 19.4. The van der Waals surface area contributed by atoms with Crippen molar-refractivity contribution < 1.29 is 18.0 Å². The highest BCUT2D eigenvalue weighted by Gasteiger charge is 2.31. The number of anilines is 2. The third-order valence-corrected chi connectivity index (χ3v) is 5.34. The van der Waals surface area contributed by atoms with Gasteiger partial charge < -0.3 is 10.6 Å². The molecule has 1 aromatic carbocycles. The average molecular weight is 453 g/mol. The van der Waals surface area contributed by atoms with E-state index in [1.165, 1.54) is 10.6 Å². The minimum atomic E-state index is -4.41. The molecule has 1 aromatic heterocycles. The molecule has 2 aromatic rings. The number of carbonyl (C=O) groups excluding carboxylic acids is 1. The normalized spacial score (nSPS) is 15.4. The number of nitrogens with zero attached hydrogens (tertiary/aromatic N) is 3. The van der Waals surface area contributed by atoms with E-state index < -0.39 is 28.8 Å². The van der Waals surface area contributed by atoms with Crippen LogP contribution in [0.4, 0.5) is 24.7 Å². The maximum Gasteiger partial charge on any atom is 0.416 e. The molecule has 1 aliphatic rings. The van der Waals surface area contributed by atoms with Crippen LogP contribution in [0.2, 0.25) is 0 Å². The van der Waals surface area contributed by atoms with Crippen molar-refractivity contribution in [3.05, 3.63) is 56.2 Å². The summed E-state index contributed by atoms with van der Waals surface area (Å²) in [6.45, 7) is 5.63. The molecule has 0 aliphatic carbocycles. The molecular weight excluding hydrogens is 427 g/mol. The van der Waals surface area contributed by atoms with E-state index in [1.807, 2.05) is 23.6 Å². The lowest BCUT2D eigenvalue weighted by molar-refractivity contribution is -0.137. The molecule has 1 saturated heterocycles. The molecule has 1 aliphatic heterocycles. The summed E-state index contributed by atoms with van der Waals surface area (Å²) >= 11 is 0. The van der Waals surface area contributed by atoms with E-state index in [9.17, 15) is 27.6 Å². The number of carbonyl (C=O) groups is 1. The molecule has 0 spiro atoms. The standard InChI is InChI=1S/C21H26F3N5O3/c1-13(2)11-29-18(25)17(19(31)26-20(29)32)16(30)12-27-6-8-28(9-7-27)15-5-3-4-14(10-15)21(22,23)24/h3-5,10,13H,6-9,11-12,25H2,1-2H3,(H,26,31,32). The Labute approximate surface area is 182 Å². The monoisotopic (exact) mass is 453 g/mol. The number of alkyl halides is 3. The molecule has 3 rings (SSSR count). The summed E-state index contributed by atoms with van der Waals surface area (Å²) in [5.41, 5.74) is 4.02. The second kappa shape index (κ2) is 9.19. The van der Waals surface area contributed by atoms with Crippen molar-refractivity contribution in [2.24, 2.45) is 5.92 Å². The maximum atomic E-state index is 13.0. The Morgan fingerprint density at radius 3 is 2.41 bits per heavy atom. The van der Waals surface area contributed by atoms with Gasteiger partial charge in [0.05, 0.1) is 12.1 Å². The zero-order valence-corrected chi connectivity index (χ0v) is 17.9. The number of rotatable bonds is 6. The van der Waals surface area contributed by atoms with E-state index >= 15 is 0 Å². The summed E-state index contributed by atoms with van der Waals surface area (Å²) in [6, 6.07) is 5.13. The van der Waals surface area contributed by atoms with Gasteiger partial charge in [0.25, 0.3) is 5.56 Å². The van der Waals surface area contributed by atoms with Crippen LogP contribution in [0.25, 0.3) is 0 Å². The molecule has 0 unspecified atom stereocenters. The van der Waals surface area contributed by atoms with E-state index in [1.54, 1.807) is 6.07 Å². The highest BCUT2D eigenvalue weighted by molar-refractivity contribution is 6.01. The van der Waals surface area contributed by atoms with E-state index in [2.05, 4.69) is 4.98 Å². The molecule has 8 nitrogen and oxygen atoms in total. The number of nitrogens with one attached hydrogen (secondary N) is 1. The van der Waals surface area contributed by atoms with Crippen LogP contribution >= 0.6 is 0 Å². The minimum Gasteiger partial charge on any atom is -0.384 e. The van der Waals surface area contributed by atoms with Crippen LogP contribution in [0.15, 0.2) is 33.9 Å². The molecule has 0 saturated carbocycles. The third-order valence-electron chi connectivity index (χ3n) is 5.34. The van der Waals surface area contributed by atoms with Gasteiger partial charge in [-0.25, -0.2) is 4.79 Å². The largest absolute Gasteiger partial charge is 0.416 e. The Hall–Kier alpha value is -3.08. The van der Waals surface area contributed by atoms with Crippen molar-refractivity contribution in [3.63, 3.8) is 0 Å². The summed E-state index contributed by atoms with van der Waals surface area (Å²) in [5, 5.41) is 0. The molecular formula is C21H26F3N5O3. The number of ketones is 1. The van der Waals surface area contributed by atoms with Crippen LogP contribution < -0.4 is 21.9 Å². The van der Waals surface area contributed by atoms with Crippen molar-refractivity contribution in [2.75, 3.05) is 43.4 Å². The quantitative estimate of drug-likeness (QED) is 0.647. The molecule has 32 heavy (non-hydrogen) atoms. The van der Waals surface area contributed by atoms with Crippen molar-refractivity contribution in [2.45, 2.75) is 26.6 Å². The number of benzene rings is 1. The summed E-state index contributed by atoms with van der Waals surface area (Å²) in [5.74, 6) is -0.582. The molecule has 3 N–H and O–H groups in total. The first-order valence-corrected chi connectivity index (χ1v) is 10.3. The number of piperazine rings is 1. The summed E-state index contributed by atoms with van der Waals surface area (Å²) in [6.07, 6.45) is -4.41. The minimum absolute atomic E-state index is 0.0766. The zero-order valence-electron chi connectivity index (χ0n) is 17.9. The smallest absolute Gasteiger partial charge is 0.384 e. The summed E-state index contributed by atoms with van der Waals surface area (Å²) < 4.78 is 40.1. The van der Waals surface area contributed by atoms with Gasteiger partial charge in [0.15, 0.2) is 5.78 Å². The van der Waals surface area contributed by atoms with Gasteiger partial charge in [-0.2, -0.15) is 13.2 Å². The molecule has 0 bridgehead atoms. The van der Waals surface area contributed by atoms with Gasteiger partial charge in [-0.3, -0.25) is 24.0 Å². The Balaban J connectivity index is 1.69. The van der Waals surface area contributed by atoms with Crippen LogP contribution in [0.3, 0.4) is 0 Å². The van der Waals surface area contributed by atoms with Gasteiger partial charge >= 0.3 is 11.9 Å². The van der Waals surface area contributed by atoms with Crippen LogP contribution in [-0.4, -0.2) is 53.0 Å². The molecule has 0 radical (unpaired) electrons. The first kappa shape index (κ1) is 23.6. The second-order valence-corrected chi connectivity index (χ2v) is 8.26. The van der Waals surface area contributed by atoms with Gasteiger partial charge in [-0.05, 0) is 24.1 Å². The Morgan fingerprint density at radius 2 is 1.81 bits per heavy atom. The van der Waals surface area contributed by atoms with Crippen LogP contribution in [-0.2, 0) is 12.7 Å². The fourth-order valence-corrected chi connectivity index (χ4v) is 3.73. The number of Topliss-reactive ketones (excluding diaryl/α,β-unsaturated/α-hetero) is 1. The topological polar surface area (TPSA) is 104 Å². The number of nitrogen functional groups attached to an aromatic ring is 1. The number of hydrogen-bond acceptors (Lipinski definition) is 6. The Kier molecular flexibility index (Phi) is 6.77. The van der Waals surface area contributed by atoms with Gasteiger partial charge in [0, 0.05) is 38.4 Å². The number of H-pyrrole nitrogens is 1. The van der Waals surface area contributed by atoms with Gasteiger partial charge in [0.1, 0.15) is 11.4 Å². The fraction of sp³-hybridized carbons (Fsp3) is 0.476. The zero-order chi connectivity index (χ0) is 23.6. The lowest BCUT2D eigenvalue weighted by atomic mass is 10.1. The predicted molar refractivity (Wildman–Crippen MR) is 115 cm³/mol. The predicted octanol–water partition coefficient (Wildman–Crippen LogP) is 1.80. The van der Waals surface area contributed by atoms with Crippen LogP contribution in [0.5, 0.6) is 0 Å². The molecule has 0 amide bonds. The van der Waals surface area contributed by atoms with Crippen molar-refractivity contribution >= 4 is 17.3 Å². The van der Waals surface area contributed by atoms with Gasteiger partial charge in [0.2, 0.25) is 0 Å². The second-order valence-electron chi connectivity index (χ2n) is 8.26. The summed E-state index contributed by atoms with van der Waals surface area (Å²) in [7, 11) is 0. The average Bonchev–Trinajstić information content (AvgIpc) is 2.71. The summed E-state index contributed by atoms with van der Waals surface area (Å²) in [4.78, 5) is 42.9. The van der Waals surface area contributed by atoms with Crippen LogP contribution in [0, 0.1) is 5.92 Å². The number of halogens is 3. The van der Waals surface area contributed by atoms with E-state index in [4.69, 9.17) is 5.73 Å². The number of aromatic nitrogens is 2. The highest BCUT2D eigenvalue weighted by Crippen LogP contribution is 2.31. The van der Waals surface area contributed by atoms with Crippen LogP contribution in [0.1, 0.15) is 29.8 Å². The van der Waals surface area contributed by atoms with E-state index in [0.29, 0.717) is 31.9 Å². The third kappa shape index (κ3) is 5.21. The van der Waals surface area contributed by atoms with Gasteiger partial charge in [-0.1, -0.05) is 19.9 Å². The molecule has 11 heteroatoms. The van der Waals surface area contributed by atoms with Gasteiger partial charge in [-0.15, -0.1) is 0 Å². The van der Waals surface area contributed by atoms with E-state index in [-0.39, 0.29) is 30.4 Å². The first-order chi connectivity index (χ1) is 15.0. The lowest BCUT2D eigenvalue weighted by Gasteiger charge is -2.36.